The van der Waals surface area contributed by atoms with Gasteiger partial charge in [0.2, 0.25) is 0 Å². The van der Waals surface area contributed by atoms with E-state index < -0.39 is 6.10 Å². The van der Waals surface area contributed by atoms with Gasteiger partial charge in [0.15, 0.2) is 6.10 Å². The van der Waals surface area contributed by atoms with Crippen molar-refractivity contribution < 1.29 is 28.6 Å². The van der Waals surface area contributed by atoms with Gasteiger partial charge in [-0.1, -0.05) is 326 Å². The summed E-state index contributed by atoms with van der Waals surface area (Å²) < 4.78 is 16.9. The molecular weight excluding hydrogens is 973 g/mol. The van der Waals surface area contributed by atoms with Crippen LogP contribution in [0.2, 0.25) is 0 Å². The molecule has 0 rings (SSSR count). The molecule has 0 saturated carbocycles. The third-order valence-corrected chi connectivity index (χ3v) is 15.5. The number of carbonyl (C=O) groups excluding carboxylic acids is 3. The molecule has 0 aromatic carbocycles. The van der Waals surface area contributed by atoms with Crippen LogP contribution in [0.5, 0.6) is 0 Å². The molecule has 0 heterocycles. The minimum atomic E-state index is -0.773. The number of hydrogen-bond donors (Lipinski definition) is 0. The lowest BCUT2D eigenvalue weighted by Gasteiger charge is -2.18. The summed E-state index contributed by atoms with van der Waals surface area (Å²) in [6, 6.07) is 0. The highest BCUT2D eigenvalue weighted by Gasteiger charge is 2.19. The predicted molar refractivity (Wildman–Crippen MR) is 344 cm³/mol. The van der Waals surface area contributed by atoms with E-state index in [4.69, 9.17) is 14.2 Å². The van der Waals surface area contributed by atoms with E-state index in [0.29, 0.717) is 19.3 Å². The van der Waals surface area contributed by atoms with Gasteiger partial charge in [-0.05, 0) is 83.5 Å². The maximum Gasteiger partial charge on any atom is 0.306 e. The normalized spacial score (nSPS) is 12.4. The summed E-state index contributed by atoms with van der Waals surface area (Å²) in [5.41, 5.74) is 0. The van der Waals surface area contributed by atoms with E-state index >= 15 is 0 Å². The second-order valence-electron chi connectivity index (χ2n) is 23.4. The van der Waals surface area contributed by atoms with Crippen LogP contribution in [-0.4, -0.2) is 37.2 Å². The topological polar surface area (TPSA) is 78.9 Å². The molecule has 1 unspecified atom stereocenters. The third-order valence-electron chi connectivity index (χ3n) is 15.5. The summed E-state index contributed by atoms with van der Waals surface area (Å²) in [7, 11) is 0. The van der Waals surface area contributed by atoms with Crippen LogP contribution in [0, 0.1) is 0 Å². The van der Waals surface area contributed by atoms with E-state index in [1.165, 1.54) is 238 Å². The number of allylic oxidation sites excluding steroid dienone is 10. The number of carbonyl (C=O) groups is 3. The molecular formula is C73H132O6. The van der Waals surface area contributed by atoms with E-state index in [0.717, 1.165) is 89.9 Å². The molecule has 0 fully saturated rings. The number of rotatable bonds is 64. The van der Waals surface area contributed by atoms with Crippen LogP contribution in [0.25, 0.3) is 0 Å². The Morgan fingerprint density at radius 2 is 0.494 bits per heavy atom. The van der Waals surface area contributed by atoms with Gasteiger partial charge < -0.3 is 14.2 Å². The molecule has 0 aromatic heterocycles. The molecule has 0 radical (unpaired) electrons. The summed E-state index contributed by atoms with van der Waals surface area (Å²) >= 11 is 0. The van der Waals surface area contributed by atoms with Gasteiger partial charge in [-0.25, -0.2) is 0 Å². The largest absolute Gasteiger partial charge is 0.462 e. The highest BCUT2D eigenvalue weighted by molar-refractivity contribution is 5.71. The first-order valence-corrected chi connectivity index (χ1v) is 34.8. The molecule has 79 heavy (non-hydrogen) atoms. The molecule has 6 heteroatoms. The second-order valence-corrected chi connectivity index (χ2v) is 23.4. The van der Waals surface area contributed by atoms with Crippen LogP contribution in [-0.2, 0) is 28.6 Å². The Hall–Kier alpha value is -2.89. The first-order valence-electron chi connectivity index (χ1n) is 34.8. The summed E-state index contributed by atoms with van der Waals surface area (Å²) in [4.78, 5) is 38.3. The second kappa shape index (κ2) is 67.6. The van der Waals surface area contributed by atoms with Crippen molar-refractivity contribution in [2.24, 2.45) is 0 Å². The maximum atomic E-state index is 12.9. The Kier molecular flexibility index (Phi) is 65.1. The fourth-order valence-electron chi connectivity index (χ4n) is 10.3. The fraction of sp³-hybridized carbons (Fsp3) is 0.822. The number of unbranched alkanes of at least 4 members (excludes halogenated alkanes) is 43. The average Bonchev–Trinajstić information content (AvgIpc) is 3.45. The molecule has 0 aliphatic carbocycles. The van der Waals surface area contributed by atoms with Gasteiger partial charge in [0.1, 0.15) is 13.2 Å². The zero-order valence-corrected chi connectivity index (χ0v) is 52.9. The standard InChI is InChI=1S/C73H132O6/c1-4-7-10-13-16-19-22-25-26-27-28-29-30-31-32-33-34-35-36-37-38-39-40-41-42-43-44-45-46-49-51-54-57-60-63-66-72(75)78-69-70(79-73(76)67-64-61-58-55-52-48-24-21-18-15-12-9-6-3)68-77-71(74)65-62-59-56-53-50-47-23-20-17-14-11-8-5-2/h7,10,16,19,21,24-26,28-29,70H,4-6,8-9,11-15,17-18,20,22-23,27,30-69H2,1-3H3/b10-7-,19-16-,24-21-,26-25-,29-28-. The van der Waals surface area contributed by atoms with Crippen molar-refractivity contribution in [2.45, 2.75) is 374 Å². The van der Waals surface area contributed by atoms with E-state index in [-0.39, 0.29) is 31.1 Å². The highest BCUT2D eigenvalue weighted by atomic mass is 16.6. The van der Waals surface area contributed by atoms with E-state index in [1.54, 1.807) is 0 Å². The van der Waals surface area contributed by atoms with Gasteiger partial charge in [0.05, 0.1) is 0 Å². The molecule has 0 amide bonds. The monoisotopic (exact) mass is 1110 g/mol. The van der Waals surface area contributed by atoms with Crippen molar-refractivity contribution in [3.05, 3.63) is 60.8 Å². The Labute approximate surface area is 491 Å². The van der Waals surface area contributed by atoms with Crippen molar-refractivity contribution >= 4 is 17.9 Å². The Morgan fingerprint density at radius 1 is 0.266 bits per heavy atom. The first kappa shape index (κ1) is 76.1. The summed E-state index contributed by atoms with van der Waals surface area (Å²) in [5.74, 6) is -0.856. The zero-order valence-electron chi connectivity index (χ0n) is 52.9. The molecule has 1 atom stereocenters. The van der Waals surface area contributed by atoms with Gasteiger partial charge >= 0.3 is 17.9 Å². The van der Waals surface area contributed by atoms with Gasteiger partial charge in [0, 0.05) is 19.3 Å². The van der Waals surface area contributed by atoms with Crippen molar-refractivity contribution in [1.29, 1.82) is 0 Å². The number of ether oxygens (including phenoxy) is 3. The maximum absolute atomic E-state index is 12.9. The number of esters is 3. The molecule has 6 nitrogen and oxygen atoms in total. The van der Waals surface area contributed by atoms with Crippen LogP contribution in [0.4, 0.5) is 0 Å². The number of hydrogen-bond acceptors (Lipinski definition) is 6. The Morgan fingerprint density at radius 3 is 0.797 bits per heavy atom. The van der Waals surface area contributed by atoms with Crippen LogP contribution in [0.3, 0.4) is 0 Å². The quantitative estimate of drug-likeness (QED) is 0.0261. The lowest BCUT2D eigenvalue weighted by atomic mass is 10.0. The van der Waals surface area contributed by atoms with Gasteiger partial charge in [0.25, 0.3) is 0 Å². The van der Waals surface area contributed by atoms with Crippen LogP contribution in [0.15, 0.2) is 60.8 Å². The molecule has 0 aliphatic heterocycles. The van der Waals surface area contributed by atoms with E-state index in [2.05, 4.69) is 81.5 Å². The average molecular weight is 1110 g/mol. The Bertz CT molecular complexity index is 1410. The lowest BCUT2D eigenvalue weighted by Crippen LogP contribution is -2.30. The summed E-state index contributed by atoms with van der Waals surface area (Å²) in [5, 5.41) is 0. The smallest absolute Gasteiger partial charge is 0.306 e. The van der Waals surface area contributed by atoms with Crippen LogP contribution >= 0.6 is 0 Å². The van der Waals surface area contributed by atoms with Crippen LogP contribution in [0.1, 0.15) is 367 Å². The lowest BCUT2D eigenvalue weighted by molar-refractivity contribution is -0.167. The van der Waals surface area contributed by atoms with E-state index in [9.17, 15) is 14.4 Å². The Balaban J connectivity index is 4.03. The molecule has 0 aliphatic rings. The predicted octanol–water partition coefficient (Wildman–Crippen LogP) is 23.9. The SMILES string of the molecule is CC/C=C\C/C=C\C/C=C\C/C=C\CCCCCCCCCCCCCCCCCCCCCCCCC(=O)OCC(COC(=O)CCCCCCCCCCCCCCC)OC(=O)CCCCCCC/C=C\CCCCCC. The van der Waals surface area contributed by atoms with Crippen molar-refractivity contribution in [3.63, 3.8) is 0 Å². The van der Waals surface area contributed by atoms with E-state index in [1.807, 2.05) is 0 Å². The molecule has 0 aromatic rings. The zero-order chi connectivity index (χ0) is 57.1. The molecule has 460 valence electrons. The highest BCUT2D eigenvalue weighted by Crippen LogP contribution is 2.18. The first-order chi connectivity index (χ1) is 39.0. The van der Waals surface area contributed by atoms with Crippen molar-refractivity contribution in [1.82, 2.24) is 0 Å². The van der Waals surface area contributed by atoms with Crippen molar-refractivity contribution in [3.8, 4) is 0 Å². The third kappa shape index (κ3) is 65.8. The van der Waals surface area contributed by atoms with Crippen molar-refractivity contribution in [2.75, 3.05) is 13.2 Å². The van der Waals surface area contributed by atoms with Gasteiger partial charge in [-0.15, -0.1) is 0 Å². The molecule has 0 bridgehead atoms. The molecule has 0 N–H and O–H groups in total. The summed E-state index contributed by atoms with van der Waals surface area (Å²) in [6.45, 7) is 6.55. The fourth-order valence-corrected chi connectivity index (χ4v) is 10.3. The van der Waals surface area contributed by atoms with Gasteiger partial charge in [-0.3, -0.25) is 14.4 Å². The summed E-state index contributed by atoms with van der Waals surface area (Å²) in [6.07, 6.45) is 86.9. The van der Waals surface area contributed by atoms with Gasteiger partial charge in [-0.2, -0.15) is 0 Å². The van der Waals surface area contributed by atoms with Crippen LogP contribution < -0.4 is 0 Å². The molecule has 0 spiro atoms. The minimum absolute atomic E-state index is 0.0707. The molecule has 0 saturated heterocycles. The minimum Gasteiger partial charge on any atom is -0.462 e.